The number of thiophene rings is 1. The summed E-state index contributed by atoms with van der Waals surface area (Å²) in [5.41, 5.74) is 0.787. The minimum Gasteiger partial charge on any atom is -0.462 e. The summed E-state index contributed by atoms with van der Waals surface area (Å²) < 4.78 is 11.9. The van der Waals surface area contributed by atoms with Gasteiger partial charge in [-0.2, -0.15) is 0 Å². The Hall–Kier alpha value is -3.00. The predicted octanol–water partition coefficient (Wildman–Crippen LogP) is 3.57. The van der Waals surface area contributed by atoms with Crippen molar-refractivity contribution in [3.05, 3.63) is 57.0 Å². The summed E-state index contributed by atoms with van der Waals surface area (Å²) in [4.78, 5) is 42.1. The number of carbonyl (C=O) groups excluding carboxylic acids is 2. The van der Waals surface area contributed by atoms with Crippen LogP contribution in [0.3, 0.4) is 0 Å². The zero-order valence-electron chi connectivity index (χ0n) is 15.9. The smallest absolute Gasteiger partial charge is 0.354 e. The number of aryl methyl sites for hydroxylation is 2. The first-order valence-corrected chi connectivity index (χ1v) is 9.75. The van der Waals surface area contributed by atoms with Crippen LogP contribution in [0.2, 0.25) is 0 Å². The predicted molar refractivity (Wildman–Crippen MR) is 106 cm³/mol. The van der Waals surface area contributed by atoms with Gasteiger partial charge in [-0.3, -0.25) is 9.36 Å². The van der Waals surface area contributed by atoms with Gasteiger partial charge in [-0.05, 0) is 50.1 Å². The molecule has 0 saturated heterocycles. The zero-order chi connectivity index (χ0) is 20.3. The van der Waals surface area contributed by atoms with Gasteiger partial charge in [0.25, 0.3) is 5.56 Å². The fraction of sp³-hybridized carbons (Fsp3) is 0.300. The molecule has 0 aliphatic rings. The summed E-state index contributed by atoms with van der Waals surface area (Å²) in [6, 6.07) is 6.12. The largest absolute Gasteiger partial charge is 0.462 e. The Morgan fingerprint density at radius 3 is 2.50 bits per heavy atom. The van der Waals surface area contributed by atoms with E-state index in [1.165, 1.54) is 30.6 Å². The van der Waals surface area contributed by atoms with E-state index in [1.807, 2.05) is 6.92 Å². The molecule has 1 aromatic carbocycles. The monoisotopic (exact) mass is 400 g/mol. The van der Waals surface area contributed by atoms with Crippen LogP contribution in [-0.4, -0.2) is 28.1 Å². The molecule has 0 amide bonds. The summed E-state index contributed by atoms with van der Waals surface area (Å²) >= 11 is 1.13. The fourth-order valence-corrected chi connectivity index (χ4v) is 3.80. The lowest BCUT2D eigenvalue weighted by molar-refractivity contribution is 0.0526. The van der Waals surface area contributed by atoms with Crippen molar-refractivity contribution in [3.8, 4) is 5.75 Å². The molecule has 8 heteroatoms. The number of esters is 2. The third-order valence-corrected chi connectivity index (χ3v) is 5.32. The van der Waals surface area contributed by atoms with Crippen molar-refractivity contribution >= 4 is 33.5 Å². The maximum atomic E-state index is 12.6. The van der Waals surface area contributed by atoms with Gasteiger partial charge in [0.1, 0.15) is 15.5 Å². The molecule has 0 N–H and O–H groups in total. The van der Waals surface area contributed by atoms with Gasteiger partial charge in [0.05, 0.1) is 23.9 Å². The molecule has 0 saturated carbocycles. The molecule has 0 radical (unpaired) electrons. The molecule has 0 atom stereocenters. The van der Waals surface area contributed by atoms with Gasteiger partial charge in [0.2, 0.25) is 0 Å². The molecule has 3 rings (SSSR count). The first-order chi connectivity index (χ1) is 13.5. The highest BCUT2D eigenvalue weighted by Gasteiger charge is 2.21. The summed E-state index contributed by atoms with van der Waals surface area (Å²) in [6.45, 7) is 6.29. The lowest BCUT2D eigenvalue weighted by Gasteiger charge is -2.05. The SMILES string of the molecule is CCCn1cnc2sc(C(=O)Oc3ccc(C(=O)OCC)cc3)c(C)c2c1=O. The highest BCUT2D eigenvalue weighted by atomic mass is 32.1. The van der Waals surface area contributed by atoms with Crippen molar-refractivity contribution < 1.29 is 19.1 Å². The number of hydrogen-bond donors (Lipinski definition) is 0. The molecule has 0 unspecified atom stereocenters. The van der Waals surface area contributed by atoms with Crippen molar-refractivity contribution in [1.29, 1.82) is 0 Å². The molecule has 2 heterocycles. The third-order valence-electron chi connectivity index (χ3n) is 4.14. The molecule has 3 aromatic rings. The normalized spacial score (nSPS) is 10.8. The topological polar surface area (TPSA) is 87.5 Å². The van der Waals surface area contributed by atoms with Crippen LogP contribution in [0, 0.1) is 6.92 Å². The second-order valence-electron chi connectivity index (χ2n) is 6.11. The molecule has 0 aliphatic carbocycles. The summed E-state index contributed by atoms with van der Waals surface area (Å²) in [5, 5.41) is 0.450. The van der Waals surface area contributed by atoms with Crippen LogP contribution in [0.1, 0.15) is 45.9 Å². The van der Waals surface area contributed by atoms with E-state index in [0.29, 0.717) is 38.5 Å². The van der Waals surface area contributed by atoms with Gasteiger partial charge < -0.3 is 9.47 Å². The summed E-state index contributed by atoms with van der Waals surface area (Å²) in [7, 11) is 0. The number of fused-ring (bicyclic) bond motifs is 1. The molecule has 28 heavy (non-hydrogen) atoms. The molecule has 0 spiro atoms. The molecule has 7 nitrogen and oxygen atoms in total. The Bertz CT molecular complexity index is 1080. The lowest BCUT2D eigenvalue weighted by atomic mass is 10.2. The molecule has 0 fully saturated rings. The number of benzene rings is 1. The second-order valence-corrected chi connectivity index (χ2v) is 7.11. The summed E-state index contributed by atoms with van der Waals surface area (Å²) in [5.74, 6) is -0.702. The van der Waals surface area contributed by atoms with E-state index >= 15 is 0 Å². The molecular formula is C20H20N2O5S. The van der Waals surface area contributed by atoms with Gasteiger partial charge in [0, 0.05) is 6.54 Å². The van der Waals surface area contributed by atoms with Gasteiger partial charge in [-0.25, -0.2) is 14.6 Å². The average Bonchev–Trinajstić information content (AvgIpc) is 3.02. The van der Waals surface area contributed by atoms with E-state index in [-0.39, 0.29) is 12.2 Å². The van der Waals surface area contributed by atoms with Gasteiger partial charge >= 0.3 is 11.9 Å². The number of ether oxygens (including phenoxy) is 2. The molecule has 2 aromatic heterocycles. The number of carbonyl (C=O) groups is 2. The van der Waals surface area contributed by atoms with Crippen LogP contribution < -0.4 is 10.3 Å². The van der Waals surface area contributed by atoms with Gasteiger partial charge in [-0.1, -0.05) is 6.92 Å². The standard InChI is InChI=1S/C20H20N2O5S/c1-4-10-22-11-21-17-15(18(22)23)12(3)16(28-17)20(25)27-14-8-6-13(7-9-14)19(24)26-5-2/h6-9,11H,4-5,10H2,1-3H3. The molecular weight excluding hydrogens is 380 g/mol. The number of rotatable bonds is 6. The Morgan fingerprint density at radius 1 is 1.14 bits per heavy atom. The Morgan fingerprint density at radius 2 is 1.86 bits per heavy atom. The first-order valence-electron chi connectivity index (χ1n) is 8.94. The van der Waals surface area contributed by atoms with E-state index in [4.69, 9.17) is 9.47 Å². The van der Waals surface area contributed by atoms with Gasteiger partial charge in [-0.15, -0.1) is 11.3 Å². The fourth-order valence-electron chi connectivity index (χ4n) is 2.78. The van der Waals surface area contributed by atoms with E-state index in [1.54, 1.807) is 18.4 Å². The maximum Gasteiger partial charge on any atom is 0.354 e. The Kier molecular flexibility index (Phi) is 5.89. The van der Waals surface area contributed by atoms with Crippen molar-refractivity contribution in [1.82, 2.24) is 9.55 Å². The van der Waals surface area contributed by atoms with Crippen molar-refractivity contribution in [2.75, 3.05) is 6.61 Å². The minimum absolute atomic E-state index is 0.154. The van der Waals surface area contributed by atoms with Crippen molar-refractivity contribution in [3.63, 3.8) is 0 Å². The van der Waals surface area contributed by atoms with Crippen LogP contribution in [0.5, 0.6) is 5.75 Å². The van der Waals surface area contributed by atoms with Crippen LogP contribution in [0.25, 0.3) is 10.2 Å². The van der Waals surface area contributed by atoms with E-state index in [2.05, 4.69) is 4.98 Å². The van der Waals surface area contributed by atoms with Crippen molar-refractivity contribution in [2.24, 2.45) is 0 Å². The number of aromatic nitrogens is 2. The van der Waals surface area contributed by atoms with E-state index in [9.17, 15) is 14.4 Å². The highest BCUT2D eigenvalue weighted by molar-refractivity contribution is 7.20. The van der Waals surface area contributed by atoms with Crippen LogP contribution in [-0.2, 0) is 11.3 Å². The van der Waals surface area contributed by atoms with Crippen LogP contribution >= 0.6 is 11.3 Å². The lowest BCUT2D eigenvalue weighted by Crippen LogP contribution is -2.20. The highest BCUT2D eigenvalue weighted by Crippen LogP contribution is 2.28. The molecule has 0 aliphatic heterocycles. The summed E-state index contributed by atoms with van der Waals surface area (Å²) in [6.07, 6.45) is 2.32. The maximum absolute atomic E-state index is 12.6. The average molecular weight is 400 g/mol. The van der Waals surface area contributed by atoms with Crippen LogP contribution in [0.4, 0.5) is 0 Å². The third kappa shape index (κ3) is 3.82. The minimum atomic E-state index is -0.564. The Labute approximate surface area is 165 Å². The van der Waals surface area contributed by atoms with Crippen LogP contribution in [0.15, 0.2) is 35.4 Å². The molecule has 0 bridgehead atoms. The number of hydrogen-bond acceptors (Lipinski definition) is 7. The first kappa shape index (κ1) is 19.8. The quantitative estimate of drug-likeness (QED) is 0.464. The second kappa shape index (κ2) is 8.35. The Balaban J connectivity index is 1.86. The van der Waals surface area contributed by atoms with Crippen molar-refractivity contribution in [2.45, 2.75) is 33.7 Å². The van der Waals surface area contributed by atoms with E-state index < -0.39 is 11.9 Å². The van der Waals surface area contributed by atoms with Gasteiger partial charge in [0.15, 0.2) is 0 Å². The zero-order valence-corrected chi connectivity index (χ0v) is 16.7. The van der Waals surface area contributed by atoms with E-state index in [0.717, 1.165) is 17.8 Å². The molecule has 146 valence electrons. The number of nitrogens with zero attached hydrogens (tertiary/aromatic N) is 2.